The minimum Gasteiger partial charge on any atom is -0.361 e. The van der Waals surface area contributed by atoms with Gasteiger partial charge in [0.05, 0.1) is 0 Å². The Bertz CT molecular complexity index is 473. The highest BCUT2D eigenvalue weighted by atomic mass is 14.9. The molecule has 1 aromatic carbocycles. The molecule has 98 valence electrons. The van der Waals surface area contributed by atoms with Crippen molar-refractivity contribution >= 4 is 10.9 Å². The fraction of sp³-hybridized carbons (Fsp3) is 0.500. The van der Waals surface area contributed by atoms with Crippen LogP contribution in [0.1, 0.15) is 50.6 Å². The molecule has 2 aromatic rings. The van der Waals surface area contributed by atoms with E-state index in [9.17, 15) is 0 Å². The van der Waals surface area contributed by atoms with Crippen LogP contribution in [0.3, 0.4) is 0 Å². The number of fused-ring (bicyclic) bond motifs is 1. The maximum absolute atomic E-state index is 3.45. The Labute approximate surface area is 110 Å². The van der Waals surface area contributed by atoms with Crippen LogP contribution in [-0.2, 0) is 0 Å². The van der Waals surface area contributed by atoms with Crippen molar-refractivity contribution in [1.29, 1.82) is 0 Å². The molecule has 0 saturated carbocycles. The van der Waals surface area contributed by atoms with Gasteiger partial charge in [0.15, 0.2) is 0 Å². The zero-order chi connectivity index (χ0) is 12.8. The van der Waals surface area contributed by atoms with Crippen LogP contribution < -0.4 is 5.32 Å². The Hall–Kier alpha value is -1.28. The molecule has 0 spiro atoms. The van der Waals surface area contributed by atoms with Crippen molar-refractivity contribution in [3.8, 4) is 0 Å². The highest BCUT2D eigenvalue weighted by Gasteiger charge is 2.13. The van der Waals surface area contributed by atoms with Gasteiger partial charge in [-0.3, -0.25) is 0 Å². The largest absolute Gasteiger partial charge is 0.361 e. The topological polar surface area (TPSA) is 27.8 Å². The summed E-state index contributed by atoms with van der Waals surface area (Å²) in [5.74, 6) is 0. The van der Waals surface area contributed by atoms with Gasteiger partial charge in [-0.05, 0) is 25.1 Å². The zero-order valence-electron chi connectivity index (χ0n) is 11.5. The number of aromatic nitrogens is 1. The summed E-state index contributed by atoms with van der Waals surface area (Å²) in [5, 5.41) is 4.81. The van der Waals surface area contributed by atoms with Crippen molar-refractivity contribution in [2.45, 2.75) is 45.1 Å². The SMILES string of the molecule is CCCCCCC(NC)c1c[nH]c2ccccc12. The van der Waals surface area contributed by atoms with Crippen molar-refractivity contribution in [3.63, 3.8) is 0 Å². The standard InChI is InChI=1S/C16H24N2/c1-3-4-5-6-10-15(17-2)14-12-18-16-11-8-7-9-13(14)16/h7-9,11-12,15,17-18H,3-6,10H2,1-2H3. The van der Waals surface area contributed by atoms with Crippen LogP contribution in [0.25, 0.3) is 10.9 Å². The fourth-order valence-corrected chi connectivity index (χ4v) is 2.61. The molecule has 1 unspecified atom stereocenters. The first-order chi connectivity index (χ1) is 8.86. The average molecular weight is 244 g/mol. The lowest BCUT2D eigenvalue weighted by molar-refractivity contribution is 0.507. The Morgan fingerprint density at radius 1 is 1.17 bits per heavy atom. The molecule has 1 atom stereocenters. The van der Waals surface area contributed by atoms with E-state index in [1.54, 1.807) is 0 Å². The summed E-state index contributed by atoms with van der Waals surface area (Å²) in [6, 6.07) is 9.01. The van der Waals surface area contributed by atoms with Gasteiger partial charge in [-0.15, -0.1) is 0 Å². The average Bonchev–Trinajstić information content (AvgIpc) is 2.83. The molecule has 1 heterocycles. The fourth-order valence-electron chi connectivity index (χ4n) is 2.61. The Balaban J connectivity index is 2.07. The molecule has 0 aliphatic heterocycles. The molecule has 2 heteroatoms. The third kappa shape index (κ3) is 2.94. The van der Waals surface area contributed by atoms with E-state index < -0.39 is 0 Å². The van der Waals surface area contributed by atoms with Crippen molar-refractivity contribution < 1.29 is 0 Å². The Morgan fingerprint density at radius 2 is 2.00 bits per heavy atom. The molecule has 2 rings (SSSR count). The lowest BCUT2D eigenvalue weighted by Gasteiger charge is -2.15. The number of aromatic amines is 1. The van der Waals surface area contributed by atoms with Gasteiger partial charge in [0.25, 0.3) is 0 Å². The number of H-pyrrole nitrogens is 1. The van der Waals surface area contributed by atoms with Gasteiger partial charge in [0.1, 0.15) is 0 Å². The molecule has 2 N–H and O–H groups in total. The van der Waals surface area contributed by atoms with Gasteiger partial charge < -0.3 is 10.3 Å². The van der Waals surface area contributed by atoms with Gasteiger partial charge >= 0.3 is 0 Å². The number of hydrogen-bond donors (Lipinski definition) is 2. The number of para-hydroxylation sites is 1. The molecule has 18 heavy (non-hydrogen) atoms. The Morgan fingerprint density at radius 3 is 2.78 bits per heavy atom. The zero-order valence-corrected chi connectivity index (χ0v) is 11.5. The lowest BCUT2D eigenvalue weighted by atomic mass is 9.99. The maximum Gasteiger partial charge on any atom is 0.0457 e. The van der Waals surface area contributed by atoms with Crippen LogP contribution >= 0.6 is 0 Å². The second kappa shape index (κ2) is 6.60. The summed E-state index contributed by atoms with van der Waals surface area (Å²) in [4.78, 5) is 3.36. The van der Waals surface area contributed by atoms with Crippen molar-refractivity contribution in [1.82, 2.24) is 10.3 Å². The van der Waals surface area contributed by atoms with Crippen LogP contribution in [0.5, 0.6) is 0 Å². The smallest absolute Gasteiger partial charge is 0.0457 e. The van der Waals surface area contributed by atoms with E-state index >= 15 is 0 Å². The highest BCUT2D eigenvalue weighted by Crippen LogP contribution is 2.27. The first-order valence-corrected chi connectivity index (χ1v) is 7.10. The molecule has 0 aliphatic rings. The molecule has 0 radical (unpaired) electrons. The summed E-state index contributed by atoms with van der Waals surface area (Å²) in [6.45, 7) is 2.26. The van der Waals surface area contributed by atoms with Gasteiger partial charge in [-0.1, -0.05) is 50.8 Å². The molecular weight excluding hydrogens is 220 g/mol. The number of nitrogens with one attached hydrogen (secondary N) is 2. The predicted molar refractivity (Wildman–Crippen MR) is 78.9 cm³/mol. The molecule has 0 aliphatic carbocycles. The van der Waals surface area contributed by atoms with Crippen molar-refractivity contribution in [2.75, 3.05) is 7.05 Å². The molecule has 0 fully saturated rings. The van der Waals surface area contributed by atoms with Crippen LogP contribution in [-0.4, -0.2) is 12.0 Å². The van der Waals surface area contributed by atoms with E-state index in [2.05, 4.69) is 54.7 Å². The third-order valence-corrected chi connectivity index (χ3v) is 3.69. The molecule has 0 saturated heterocycles. The second-order valence-corrected chi connectivity index (χ2v) is 4.98. The van der Waals surface area contributed by atoms with Gasteiger partial charge in [0, 0.05) is 23.1 Å². The third-order valence-electron chi connectivity index (χ3n) is 3.69. The molecular formula is C16H24N2. The van der Waals surface area contributed by atoms with E-state index in [0.717, 1.165) is 0 Å². The summed E-state index contributed by atoms with van der Waals surface area (Å²) >= 11 is 0. The van der Waals surface area contributed by atoms with E-state index in [1.807, 2.05) is 0 Å². The van der Waals surface area contributed by atoms with Crippen LogP contribution in [0, 0.1) is 0 Å². The lowest BCUT2D eigenvalue weighted by Crippen LogP contribution is -2.15. The summed E-state index contributed by atoms with van der Waals surface area (Å²) in [6.07, 6.45) is 8.68. The first-order valence-electron chi connectivity index (χ1n) is 7.10. The summed E-state index contributed by atoms with van der Waals surface area (Å²) in [7, 11) is 2.06. The van der Waals surface area contributed by atoms with E-state index in [4.69, 9.17) is 0 Å². The summed E-state index contributed by atoms with van der Waals surface area (Å²) in [5.41, 5.74) is 2.64. The van der Waals surface area contributed by atoms with Crippen LogP contribution in [0.4, 0.5) is 0 Å². The van der Waals surface area contributed by atoms with E-state index in [-0.39, 0.29) is 0 Å². The highest BCUT2D eigenvalue weighted by molar-refractivity contribution is 5.83. The maximum atomic E-state index is 3.45. The number of rotatable bonds is 7. The van der Waals surface area contributed by atoms with Crippen molar-refractivity contribution in [2.24, 2.45) is 0 Å². The number of benzene rings is 1. The number of unbranched alkanes of at least 4 members (excludes halogenated alkanes) is 3. The normalized spacial score (nSPS) is 13.0. The van der Waals surface area contributed by atoms with E-state index in [0.29, 0.717) is 6.04 Å². The summed E-state index contributed by atoms with van der Waals surface area (Å²) < 4.78 is 0. The second-order valence-electron chi connectivity index (χ2n) is 4.98. The molecule has 0 amide bonds. The van der Waals surface area contributed by atoms with Crippen LogP contribution in [0.2, 0.25) is 0 Å². The van der Waals surface area contributed by atoms with Gasteiger partial charge in [-0.2, -0.15) is 0 Å². The number of hydrogen-bond acceptors (Lipinski definition) is 1. The van der Waals surface area contributed by atoms with Crippen molar-refractivity contribution in [3.05, 3.63) is 36.0 Å². The minimum atomic E-state index is 0.470. The quantitative estimate of drug-likeness (QED) is 0.694. The molecule has 1 aromatic heterocycles. The Kier molecular flexibility index (Phi) is 4.82. The van der Waals surface area contributed by atoms with E-state index in [1.165, 1.54) is 48.6 Å². The van der Waals surface area contributed by atoms with Gasteiger partial charge in [0.2, 0.25) is 0 Å². The predicted octanol–water partition coefficient (Wildman–Crippen LogP) is 4.40. The first kappa shape index (κ1) is 13.2. The van der Waals surface area contributed by atoms with Gasteiger partial charge in [-0.25, -0.2) is 0 Å². The molecule has 2 nitrogen and oxygen atoms in total. The molecule has 0 bridgehead atoms. The monoisotopic (exact) mass is 244 g/mol. The van der Waals surface area contributed by atoms with Crippen LogP contribution in [0.15, 0.2) is 30.5 Å². The minimum absolute atomic E-state index is 0.470.